The summed E-state index contributed by atoms with van der Waals surface area (Å²) in [5.41, 5.74) is 1.23. The minimum atomic E-state index is -0.580. The molecule has 148 valence electrons. The second-order valence-corrected chi connectivity index (χ2v) is 8.34. The summed E-state index contributed by atoms with van der Waals surface area (Å²) < 4.78 is 28.8. The maximum absolute atomic E-state index is 14.4. The van der Waals surface area contributed by atoms with Crippen LogP contribution in [-0.4, -0.2) is 0 Å². The van der Waals surface area contributed by atoms with E-state index in [0.717, 1.165) is 24.3 Å². The Morgan fingerprint density at radius 2 is 1.46 bits per heavy atom. The van der Waals surface area contributed by atoms with Gasteiger partial charge in [0.2, 0.25) is 0 Å². The largest absolute Gasteiger partial charge is 0.206 e. The lowest BCUT2D eigenvalue weighted by Crippen LogP contribution is -2.15. The van der Waals surface area contributed by atoms with E-state index in [4.69, 9.17) is 11.6 Å². The van der Waals surface area contributed by atoms with E-state index in [1.54, 1.807) is 24.3 Å². The standard InChI is InChI=1S/C25H27ClF2/c1-2-3-18-4-6-19(7-5-18)8-9-21-16-24(27)23(25(28)17-21)15-12-20-10-13-22(26)14-11-20/h10-11,13-14,16-19H,2-9H2,1H3. The maximum atomic E-state index is 14.4. The Morgan fingerprint density at radius 1 is 0.893 bits per heavy atom. The van der Waals surface area contributed by atoms with Gasteiger partial charge in [-0.15, -0.1) is 0 Å². The highest BCUT2D eigenvalue weighted by atomic mass is 35.5. The summed E-state index contributed by atoms with van der Waals surface area (Å²) in [7, 11) is 0. The molecule has 0 nitrogen and oxygen atoms in total. The Balaban J connectivity index is 1.60. The normalized spacial score (nSPS) is 19.1. The van der Waals surface area contributed by atoms with Crippen LogP contribution in [0.4, 0.5) is 8.78 Å². The summed E-state index contributed by atoms with van der Waals surface area (Å²) in [6.45, 7) is 2.25. The Hall–Kier alpha value is -1.85. The molecule has 3 heteroatoms. The van der Waals surface area contributed by atoms with Gasteiger partial charge in [-0.3, -0.25) is 0 Å². The molecule has 0 spiro atoms. The molecular weight excluding hydrogens is 374 g/mol. The summed E-state index contributed by atoms with van der Waals surface area (Å²) in [5, 5.41) is 0.603. The van der Waals surface area contributed by atoms with Crippen molar-refractivity contribution >= 4 is 11.6 Å². The molecule has 0 saturated heterocycles. The Morgan fingerprint density at radius 3 is 2.04 bits per heavy atom. The van der Waals surface area contributed by atoms with Gasteiger partial charge in [0, 0.05) is 10.6 Å². The van der Waals surface area contributed by atoms with Crippen LogP contribution in [0.25, 0.3) is 0 Å². The molecule has 1 aliphatic carbocycles. The van der Waals surface area contributed by atoms with Gasteiger partial charge in [-0.05, 0) is 66.6 Å². The van der Waals surface area contributed by atoms with Crippen LogP contribution < -0.4 is 0 Å². The number of rotatable bonds is 5. The molecule has 28 heavy (non-hydrogen) atoms. The predicted molar refractivity (Wildman–Crippen MR) is 112 cm³/mol. The van der Waals surface area contributed by atoms with Crippen LogP contribution >= 0.6 is 11.6 Å². The summed E-state index contributed by atoms with van der Waals surface area (Å²) in [6, 6.07) is 9.76. The third-order valence-electron chi connectivity index (χ3n) is 5.78. The predicted octanol–water partition coefficient (Wildman–Crippen LogP) is 7.56. The molecule has 0 atom stereocenters. The van der Waals surface area contributed by atoms with Gasteiger partial charge in [0.05, 0.1) is 5.56 Å². The van der Waals surface area contributed by atoms with Crippen LogP contribution in [0.5, 0.6) is 0 Å². The maximum Gasteiger partial charge on any atom is 0.142 e. The second-order valence-electron chi connectivity index (χ2n) is 7.91. The third kappa shape index (κ3) is 5.82. The van der Waals surface area contributed by atoms with E-state index in [2.05, 4.69) is 18.8 Å². The van der Waals surface area contributed by atoms with Crippen LogP contribution in [0.15, 0.2) is 36.4 Å². The fourth-order valence-corrected chi connectivity index (χ4v) is 4.27. The van der Waals surface area contributed by atoms with Crippen molar-refractivity contribution in [1.29, 1.82) is 0 Å². The van der Waals surface area contributed by atoms with Crippen molar-refractivity contribution in [1.82, 2.24) is 0 Å². The number of hydrogen-bond donors (Lipinski definition) is 0. The number of halogens is 3. The summed E-state index contributed by atoms with van der Waals surface area (Å²) >= 11 is 5.84. The minimum absolute atomic E-state index is 0.168. The smallest absolute Gasteiger partial charge is 0.142 e. The molecule has 1 fully saturated rings. The van der Waals surface area contributed by atoms with E-state index in [1.807, 2.05) is 0 Å². The first kappa shape index (κ1) is 20.9. The van der Waals surface area contributed by atoms with Crippen molar-refractivity contribution in [3.05, 3.63) is 69.7 Å². The molecule has 0 unspecified atom stereocenters. The fraction of sp³-hybridized carbons (Fsp3) is 0.440. The van der Waals surface area contributed by atoms with E-state index in [-0.39, 0.29) is 5.56 Å². The van der Waals surface area contributed by atoms with Gasteiger partial charge in [0.25, 0.3) is 0 Å². The summed E-state index contributed by atoms with van der Waals surface area (Å²) in [4.78, 5) is 0. The Labute approximate surface area is 172 Å². The molecule has 0 amide bonds. The monoisotopic (exact) mass is 400 g/mol. The molecule has 0 radical (unpaired) electrons. The Kier molecular flexibility index (Phi) is 7.51. The molecule has 1 saturated carbocycles. The molecule has 1 aliphatic rings. The van der Waals surface area contributed by atoms with E-state index in [9.17, 15) is 8.78 Å². The highest BCUT2D eigenvalue weighted by Crippen LogP contribution is 2.34. The zero-order chi connectivity index (χ0) is 19.9. The number of aryl methyl sites for hydroxylation is 1. The molecule has 2 aromatic carbocycles. The molecule has 2 aromatic rings. The lowest BCUT2D eigenvalue weighted by atomic mass is 9.78. The van der Waals surface area contributed by atoms with E-state index >= 15 is 0 Å². The van der Waals surface area contributed by atoms with Crippen LogP contribution in [0.2, 0.25) is 5.02 Å². The first-order chi connectivity index (χ1) is 13.5. The van der Waals surface area contributed by atoms with Gasteiger partial charge in [0.1, 0.15) is 11.6 Å². The lowest BCUT2D eigenvalue weighted by molar-refractivity contribution is 0.252. The van der Waals surface area contributed by atoms with Crippen molar-refractivity contribution in [2.24, 2.45) is 11.8 Å². The first-order valence-electron chi connectivity index (χ1n) is 10.3. The highest BCUT2D eigenvalue weighted by molar-refractivity contribution is 6.30. The van der Waals surface area contributed by atoms with Gasteiger partial charge in [-0.2, -0.15) is 0 Å². The van der Waals surface area contributed by atoms with Crippen molar-refractivity contribution in [3.63, 3.8) is 0 Å². The molecule has 0 N–H and O–H groups in total. The average molecular weight is 401 g/mol. The zero-order valence-electron chi connectivity index (χ0n) is 16.4. The zero-order valence-corrected chi connectivity index (χ0v) is 17.2. The van der Waals surface area contributed by atoms with Crippen LogP contribution in [-0.2, 0) is 6.42 Å². The van der Waals surface area contributed by atoms with E-state index in [1.165, 1.54) is 50.7 Å². The van der Waals surface area contributed by atoms with Gasteiger partial charge in [-0.25, -0.2) is 8.78 Å². The Bertz CT molecular complexity index is 814. The van der Waals surface area contributed by atoms with Gasteiger partial charge in [-0.1, -0.05) is 68.9 Å². The quantitative estimate of drug-likeness (QED) is 0.454. The van der Waals surface area contributed by atoms with Crippen molar-refractivity contribution < 1.29 is 8.78 Å². The van der Waals surface area contributed by atoms with Crippen LogP contribution in [0.3, 0.4) is 0 Å². The molecule has 0 heterocycles. The van der Waals surface area contributed by atoms with E-state index in [0.29, 0.717) is 16.5 Å². The lowest BCUT2D eigenvalue weighted by Gasteiger charge is -2.28. The van der Waals surface area contributed by atoms with E-state index < -0.39 is 11.6 Å². The number of benzene rings is 2. The molecule has 0 bridgehead atoms. The average Bonchev–Trinajstić information content (AvgIpc) is 2.68. The highest BCUT2D eigenvalue weighted by Gasteiger charge is 2.20. The van der Waals surface area contributed by atoms with Gasteiger partial charge < -0.3 is 0 Å². The van der Waals surface area contributed by atoms with Crippen LogP contribution in [0.1, 0.15) is 68.6 Å². The van der Waals surface area contributed by atoms with Crippen LogP contribution in [0, 0.1) is 35.3 Å². The summed E-state index contributed by atoms with van der Waals surface area (Å²) in [6.07, 6.45) is 9.44. The molecular formula is C25H27ClF2. The van der Waals surface area contributed by atoms with Crippen molar-refractivity contribution in [3.8, 4) is 11.8 Å². The molecule has 3 rings (SSSR count). The number of hydrogen-bond acceptors (Lipinski definition) is 0. The van der Waals surface area contributed by atoms with Crippen molar-refractivity contribution in [2.75, 3.05) is 0 Å². The van der Waals surface area contributed by atoms with Crippen molar-refractivity contribution in [2.45, 2.75) is 58.3 Å². The second kappa shape index (κ2) is 10.1. The third-order valence-corrected chi connectivity index (χ3v) is 6.03. The van der Waals surface area contributed by atoms with Gasteiger partial charge in [0.15, 0.2) is 0 Å². The fourth-order valence-electron chi connectivity index (χ4n) is 4.15. The first-order valence-corrected chi connectivity index (χ1v) is 10.7. The minimum Gasteiger partial charge on any atom is -0.206 e. The van der Waals surface area contributed by atoms with Gasteiger partial charge >= 0.3 is 0 Å². The molecule has 0 aromatic heterocycles. The SMILES string of the molecule is CCCC1CCC(CCc2cc(F)c(C#Cc3ccc(Cl)cc3)c(F)c2)CC1. The summed E-state index contributed by atoms with van der Waals surface area (Å²) in [5.74, 6) is 5.83. The topological polar surface area (TPSA) is 0 Å². The molecule has 0 aliphatic heterocycles.